The van der Waals surface area contributed by atoms with E-state index < -0.39 is 0 Å². The largest absolute Gasteiger partial charge is 0.479 e. The van der Waals surface area contributed by atoms with Crippen molar-refractivity contribution < 1.29 is 9.53 Å². The molecule has 0 saturated heterocycles. The lowest BCUT2D eigenvalue weighted by molar-refractivity contribution is -0.121. The number of fused-ring (bicyclic) bond motifs is 1. The van der Waals surface area contributed by atoms with Crippen molar-refractivity contribution in [1.82, 2.24) is 20.4 Å². The molecule has 0 aliphatic heterocycles. The quantitative estimate of drug-likeness (QED) is 0.541. The van der Waals surface area contributed by atoms with Crippen molar-refractivity contribution in [1.29, 1.82) is 5.26 Å². The van der Waals surface area contributed by atoms with Crippen LogP contribution in [-0.4, -0.2) is 33.2 Å². The number of benzene rings is 2. The summed E-state index contributed by atoms with van der Waals surface area (Å²) in [5.74, 6) is 0.305. The van der Waals surface area contributed by atoms with Gasteiger partial charge in [-0.05, 0) is 48.9 Å². The molecule has 0 aliphatic rings. The molecule has 3 rings (SSSR count). The van der Waals surface area contributed by atoms with Gasteiger partial charge in [0.1, 0.15) is 23.9 Å². The average molecular weight is 348 g/mol. The summed E-state index contributed by atoms with van der Waals surface area (Å²) < 4.78 is 6.72. The number of para-hydroxylation sites is 1. The predicted molar refractivity (Wildman–Crippen MR) is 95.4 cm³/mol. The Bertz CT molecular complexity index is 985. The van der Waals surface area contributed by atoms with E-state index >= 15 is 0 Å². The molecule has 130 valence electrons. The summed E-state index contributed by atoms with van der Waals surface area (Å²) in [4.78, 5) is 12.1. The van der Waals surface area contributed by atoms with Crippen LogP contribution in [-0.2, 0) is 11.3 Å². The monoisotopic (exact) mass is 348 g/mol. The molecule has 26 heavy (non-hydrogen) atoms. The fourth-order valence-electron chi connectivity index (χ4n) is 2.32. The molecule has 1 aromatic heterocycles. The molecule has 0 unspecified atom stereocenters. The highest BCUT2D eigenvalue weighted by Gasteiger charge is 2.08. The SMILES string of the molecule is C/C(=N/NC(=O)Cn1nnc2ccccc21)c1ccc(OCC#N)cc1. The number of hydrazone groups is 1. The van der Waals surface area contributed by atoms with Gasteiger partial charge in [-0.15, -0.1) is 5.10 Å². The summed E-state index contributed by atoms with van der Waals surface area (Å²) in [6, 6.07) is 16.4. The molecule has 1 N–H and O–H groups in total. The van der Waals surface area contributed by atoms with Crippen molar-refractivity contribution in [2.24, 2.45) is 5.10 Å². The molecule has 0 radical (unpaired) electrons. The Morgan fingerprint density at radius 3 is 2.81 bits per heavy atom. The van der Waals surface area contributed by atoms with E-state index in [4.69, 9.17) is 10.00 Å². The average Bonchev–Trinajstić information content (AvgIpc) is 3.08. The van der Waals surface area contributed by atoms with Gasteiger partial charge in [-0.1, -0.05) is 17.3 Å². The van der Waals surface area contributed by atoms with Crippen LogP contribution in [0, 0.1) is 11.3 Å². The van der Waals surface area contributed by atoms with Gasteiger partial charge in [-0.2, -0.15) is 10.4 Å². The highest BCUT2D eigenvalue weighted by Crippen LogP contribution is 2.13. The second-order valence-corrected chi connectivity index (χ2v) is 5.44. The number of nitrogens with one attached hydrogen (secondary N) is 1. The fourth-order valence-corrected chi connectivity index (χ4v) is 2.32. The van der Waals surface area contributed by atoms with E-state index in [1.54, 1.807) is 19.1 Å². The van der Waals surface area contributed by atoms with Crippen molar-refractivity contribution in [2.45, 2.75) is 13.5 Å². The second-order valence-electron chi connectivity index (χ2n) is 5.44. The molecule has 2 aromatic carbocycles. The van der Waals surface area contributed by atoms with Gasteiger partial charge in [0.25, 0.3) is 5.91 Å². The standard InChI is InChI=1S/C18H16N6O2/c1-13(14-6-8-15(9-7-14)26-11-10-19)20-22-18(25)12-24-17-5-3-2-4-16(17)21-23-24/h2-9H,11-12H2,1H3,(H,22,25)/b20-13-. The van der Waals surface area contributed by atoms with Gasteiger partial charge >= 0.3 is 0 Å². The fraction of sp³-hybridized carbons (Fsp3) is 0.167. The molecule has 0 saturated carbocycles. The summed E-state index contributed by atoms with van der Waals surface area (Å²) >= 11 is 0. The first kappa shape index (κ1) is 17.1. The van der Waals surface area contributed by atoms with Crippen LogP contribution in [0.25, 0.3) is 11.0 Å². The Morgan fingerprint density at radius 1 is 1.27 bits per heavy atom. The Morgan fingerprint density at radius 2 is 2.04 bits per heavy atom. The normalized spacial score (nSPS) is 11.2. The van der Waals surface area contributed by atoms with E-state index in [-0.39, 0.29) is 19.1 Å². The minimum Gasteiger partial charge on any atom is -0.479 e. The number of hydrogen-bond donors (Lipinski definition) is 1. The molecular weight excluding hydrogens is 332 g/mol. The number of amides is 1. The summed E-state index contributed by atoms with van der Waals surface area (Å²) in [6.45, 7) is 1.81. The van der Waals surface area contributed by atoms with Crippen LogP contribution in [0.5, 0.6) is 5.75 Å². The topological polar surface area (TPSA) is 105 Å². The number of hydrogen-bond acceptors (Lipinski definition) is 6. The maximum absolute atomic E-state index is 12.1. The van der Waals surface area contributed by atoms with Gasteiger partial charge in [-0.25, -0.2) is 10.1 Å². The van der Waals surface area contributed by atoms with Gasteiger partial charge in [-0.3, -0.25) is 4.79 Å². The van der Waals surface area contributed by atoms with E-state index in [2.05, 4.69) is 20.8 Å². The zero-order chi connectivity index (χ0) is 18.4. The van der Waals surface area contributed by atoms with Crippen LogP contribution >= 0.6 is 0 Å². The first-order chi connectivity index (χ1) is 12.7. The number of carbonyl (C=O) groups excluding carboxylic acids is 1. The van der Waals surface area contributed by atoms with Crippen molar-refractivity contribution >= 4 is 22.7 Å². The summed E-state index contributed by atoms with van der Waals surface area (Å²) in [5.41, 5.74) is 5.52. The van der Waals surface area contributed by atoms with Crippen molar-refractivity contribution in [3.63, 3.8) is 0 Å². The van der Waals surface area contributed by atoms with Crippen LogP contribution in [0.3, 0.4) is 0 Å². The Balaban J connectivity index is 1.61. The molecule has 0 atom stereocenters. The zero-order valence-electron chi connectivity index (χ0n) is 14.1. The maximum Gasteiger partial charge on any atom is 0.261 e. The van der Waals surface area contributed by atoms with Crippen molar-refractivity contribution in [3.8, 4) is 11.8 Å². The molecule has 1 amide bonds. The molecule has 0 fully saturated rings. The van der Waals surface area contributed by atoms with Gasteiger partial charge in [0.15, 0.2) is 6.61 Å². The first-order valence-electron chi connectivity index (χ1n) is 7.89. The molecule has 8 nitrogen and oxygen atoms in total. The van der Waals surface area contributed by atoms with Gasteiger partial charge < -0.3 is 4.74 Å². The van der Waals surface area contributed by atoms with Gasteiger partial charge in [0.05, 0.1) is 11.2 Å². The van der Waals surface area contributed by atoms with Crippen molar-refractivity contribution in [2.75, 3.05) is 6.61 Å². The zero-order valence-corrected chi connectivity index (χ0v) is 14.1. The van der Waals surface area contributed by atoms with E-state index in [0.29, 0.717) is 11.5 Å². The number of carbonyl (C=O) groups is 1. The number of nitriles is 1. The lowest BCUT2D eigenvalue weighted by Gasteiger charge is -2.05. The number of nitrogens with zero attached hydrogens (tertiary/aromatic N) is 5. The van der Waals surface area contributed by atoms with Crippen LogP contribution in [0.2, 0.25) is 0 Å². The van der Waals surface area contributed by atoms with Gasteiger partial charge in [0, 0.05) is 0 Å². The molecule has 1 heterocycles. The summed E-state index contributed by atoms with van der Waals surface area (Å²) in [7, 11) is 0. The van der Waals surface area contributed by atoms with Crippen LogP contribution in [0.15, 0.2) is 53.6 Å². The minimum atomic E-state index is -0.297. The lowest BCUT2D eigenvalue weighted by atomic mass is 10.1. The molecular formula is C18H16N6O2. The van der Waals surface area contributed by atoms with E-state index in [1.165, 1.54) is 4.68 Å². The smallest absolute Gasteiger partial charge is 0.261 e. The lowest BCUT2D eigenvalue weighted by Crippen LogP contribution is -2.24. The van der Waals surface area contributed by atoms with E-state index in [9.17, 15) is 4.79 Å². The third-order valence-electron chi connectivity index (χ3n) is 3.64. The molecule has 0 spiro atoms. The molecule has 0 bridgehead atoms. The Kier molecular flexibility index (Phi) is 5.19. The van der Waals surface area contributed by atoms with E-state index in [0.717, 1.165) is 16.6 Å². The first-order valence-corrected chi connectivity index (χ1v) is 7.89. The van der Waals surface area contributed by atoms with Gasteiger partial charge in [0.2, 0.25) is 0 Å². The Labute approximate surface area is 149 Å². The predicted octanol–water partition coefficient (Wildman–Crippen LogP) is 1.87. The summed E-state index contributed by atoms with van der Waals surface area (Å²) in [5, 5.41) is 20.6. The van der Waals surface area contributed by atoms with Crippen LogP contribution in [0.4, 0.5) is 0 Å². The van der Waals surface area contributed by atoms with E-state index in [1.807, 2.05) is 42.5 Å². The number of aromatic nitrogens is 3. The Hall–Kier alpha value is -3.73. The summed E-state index contributed by atoms with van der Waals surface area (Å²) in [6.07, 6.45) is 0. The third kappa shape index (κ3) is 4.02. The highest BCUT2D eigenvalue weighted by molar-refractivity contribution is 5.99. The van der Waals surface area contributed by atoms with Crippen LogP contribution < -0.4 is 10.2 Å². The van der Waals surface area contributed by atoms with Crippen LogP contribution in [0.1, 0.15) is 12.5 Å². The molecule has 3 aromatic rings. The third-order valence-corrected chi connectivity index (χ3v) is 3.64. The molecule has 8 heteroatoms. The minimum absolute atomic E-state index is 0.000553. The molecule has 0 aliphatic carbocycles. The number of rotatable bonds is 6. The maximum atomic E-state index is 12.1. The second kappa shape index (κ2) is 7.90. The number of ether oxygens (including phenoxy) is 1. The van der Waals surface area contributed by atoms with Crippen molar-refractivity contribution in [3.05, 3.63) is 54.1 Å². The highest BCUT2D eigenvalue weighted by atomic mass is 16.5.